The van der Waals surface area contributed by atoms with Gasteiger partial charge in [0.25, 0.3) is 5.91 Å². The van der Waals surface area contributed by atoms with E-state index >= 15 is 0 Å². The number of carbonyl (C=O) groups excluding carboxylic acids is 2. The fraction of sp³-hybridized carbons (Fsp3) is 0.545. The number of benzene rings is 1. The van der Waals surface area contributed by atoms with Crippen LogP contribution < -0.4 is 5.32 Å². The van der Waals surface area contributed by atoms with E-state index < -0.39 is 6.04 Å². The molecule has 2 atom stereocenters. The third-order valence-electron chi connectivity index (χ3n) is 5.92. The zero-order valence-electron chi connectivity index (χ0n) is 17.3. The molecular formula is C22H28N4O3S. The van der Waals surface area contributed by atoms with Gasteiger partial charge in [-0.25, -0.2) is 0 Å². The van der Waals surface area contributed by atoms with Gasteiger partial charge in [-0.2, -0.15) is 0 Å². The molecule has 0 spiro atoms. The van der Waals surface area contributed by atoms with Gasteiger partial charge >= 0.3 is 0 Å². The van der Waals surface area contributed by atoms with Crippen LogP contribution in [0.4, 0.5) is 0 Å². The highest BCUT2D eigenvalue weighted by Gasteiger charge is 2.36. The first-order valence-electron chi connectivity index (χ1n) is 10.7. The SMILES string of the molecule is Cc1ccc(C(C(=O)NC2CCCC2)N(CC2CCCO2)C(=O)c2csnn2)cc1. The van der Waals surface area contributed by atoms with Gasteiger partial charge in [-0.15, -0.1) is 5.10 Å². The Balaban J connectivity index is 1.67. The first kappa shape index (κ1) is 20.9. The summed E-state index contributed by atoms with van der Waals surface area (Å²) in [6.07, 6.45) is 6.00. The van der Waals surface area contributed by atoms with E-state index in [-0.39, 0.29) is 29.7 Å². The van der Waals surface area contributed by atoms with E-state index in [0.717, 1.165) is 61.2 Å². The van der Waals surface area contributed by atoms with Crippen LogP contribution in [0.3, 0.4) is 0 Å². The topological polar surface area (TPSA) is 84.4 Å². The van der Waals surface area contributed by atoms with Gasteiger partial charge in [-0.1, -0.05) is 47.2 Å². The fourth-order valence-electron chi connectivity index (χ4n) is 4.29. The Bertz CT molecular complexity index is 844. The quantitative estimate of drug-likeness (QED) is 0.732. The van der Waals surface area contributed by atoms with Crippen molar-refractivity contribution >= 4 is 23.3 Å². The smallest absolute Gasteiger partial charge is 0.276 e. The van der Waals surface area contributed by atoms with Gasteiger partial charge in [0.2, 0.25) is 5.91 Å². The number of hydrogen-bond acceptors (Lipinski definition) is 6. The highest BCUT2D eigenvalue weighted by atomic mass is 32.1. The molecule has 2 amide bonds. The summed E-state index contributed by atoms with van der Waals surface area (Å²) in [5.41, 5.74) is 2.17. The number of aromatic nitrogens is 2. The van der Waals surface area contributed by atoms with Gasteiger partial charge < -0.3 is 15.0 Å². The minimum Gasteiger partial charge on any atom is -0.376 e. The zero-order valence-corrected chi connectivity index (χ0v) is 18.1. The maximum absolute atomic E-state index is 13.5. The molecule has 30 heavy (non-hydrogen) atoms. The minimum atomic E-state index is -0.732. The maximum atomic E-state index is 13.5. The monoisotopic (exact) mass is 428 g/mol. The van der Waals surface area contributed by atoms with Crippen molar-refractivity contribution in [2.45, 2.75) is 63.6 Å². The molecule has 8 heteroatoms. The molecule has 1 aliphatic carbocycles. The van der Waals surface area contributed by atoms with Gasteiger partial charge in [-0.3, -0.25) is 9.59 Å². The molecular weight excluding hydrogens is 400 g/mol. The van der Waals surface area contributed by atoms with Crippen molar-refractivity contribution in [3.05, 3.63) is 46.5 Å². The van der Waals surface area contributed by atoms with Crippen molar-refractivity contribution in [3.8, 4) is 0 Å². The van der Waals surface area contributed by atoms with E-state index in [0.29, 0.717) is 13.2 Å². The summed E-state index contributed by atoms with van der Waals surface area (Å²) >= 11 is 1.13. The lowest BCUT2D eigenvalue weighted by atomic mass is 10.0. The Kier molecular flexibility index (Phi) is 6.74. The van der Waals surface area contributed by atoms with Gasteiger partial charge in [0.05, 0.1) is 6.10 Å². The van der Waals surface area contributed by atoms with E-state index in [4.69, 9.17) is 4.74 Å². The minimum absolute atomic E-state index is 0.0761. The van der Waals surface area contributed by atoms with Crippen LogP contribution in [0, 0.1) is 6.92 Å². The van der Waals surface area contributed by atoms with Crippen molar-refractivity contribution in [3.63, 3.8) is 0 Å². The number of carbonyl (C=O) groups is 2. The largest absolute Gasteiger partial charge is 0.376 e. The summed E-state index contributed by atoms with van der Waals surface area (Å²) in [6.45, 7) is 3.05. The van der Waals surface area contributed by atoms with Gasteiger partial charge in [0.1, 0.15) is 6.04 Å². The number of nitrogens with zero attached hydrogens (tertiary/aromatic N) is 3. The van der Waals surface area contributed by atoms with Crippen LogP contribution in [0.1, 0.15) is 66.2 Å². The second kappa shape index (κ2) is 9.66. The van der Waals surface area contributed by atoms with Gasteiger partial charge in [0, 0.05) is 24.6 Å². The Hall–Kier alpha value is -2.32. The van der Waals surface area contributed by atoms with Crippen LogP contribution in [0.2, 0.25) is 0 Å². The van der Waals surface area contributed by atoms with Crippen LogP contribution in [-0.2, 0) is 9.53 Å². The molecule has 1 aliphatic heterocycles. The number of ether oxygens (including phenoxy) is 1. The average Bonchev–Trinajstić information content (AvgIpc) is 3.52. The summed E-state index contributed by atoms with van der Waals surface area (Å²) in [4.78, 5) is 28.5. The molecule has 1 aromatic carbocycles. The van der Waals surface area contributed by atoms with Crippen LogP contribution in [0.15, 0.2) is 29.6 Å². The Labute approximate surface area is 181 Å². The van der Waals surface area contributed by atoms with Crippen LogP contribution >= 0.6 is 11.5 Å². The van der Waals surface area contributed by atoms with Crippen LogP contribution in [0.25, 0.3) is 0 Å². The molecule has 2 unspecified atom stereocenters. The summed E-state index contributed by atoms with van der Waals surface area (Å²) < 4.78 is 9.65. The molecule has 2 aliphatic rings. The molecule has 1 N–H and O–H groups in total. The maximum Gasteiger partial charge on any atom is 0.276 e. The summed E-state index contributed by atoms with van der Waals surface area (Å²) in [6, 6.07) is 7.26. The van der Waals surface area contributed by atoms with Crippen molar-refractivity contribution in [1.82, 2.24) is 19.8 Å². The Morgan fingerprint density at radius 3 is 2.60 bits per heavy atom. The van der Waals surface area contributed by atoms with Crippen LogP contribution in [0.5, 0.6) is 0 Å². The second-order valence-electron chi connectivity index (χ2n) is 8.19. The highest BCUT2D eigenvalue weighted by Crippen LogP contribution is 2.28. The molecule has 0 radical (unpaired) electrons. The Morgan fingerprint density at radius 1 is 1.20 bits per heavy atom. The second-order valence-corrected chi connectivity index (χ2v) is 8.80. The summed E-state index contributed by atoms with van der Waals surface area (Å²) in [5.74, 6) is -0.424. The average molecular weight is 429 g/mol. The third kappa shape index (κ3) is 4.87. The lowest BCUT2D eigenvalue weighted by molar-refractivity contribution is -0.127. The lowest BCUT2D eigenvalue weighted by Gasteiger charge is -2.33. The number of aryl methyl sites for hydroxylation is 1. The number of hydrogen-bond donors (Lipinski definition) is 1. The normalized spacial score (nSPS) is 20.2. The molecule has 1 aromatic heterocycles. The van der Waals surface area contributed by atoms with E-state index in [9.17, 15) is 9.59 Å². The molecule has 2 heterocycles. The van der Waals surface area contributed by atoms with Crippen molar-refractivity contribution in [2.24, 2.45) is 0 Å². The van der Waals surface area contributed by atoms with E-state index in [1.54, 1.807) is 10.3 Å². The molecule has 160 valence electrons. The summed E-state index contributed by atoms with van der Waals surface area (Å²) in [7, 11) is 0. The molecule has 1 saturated heterocycles. The summed E-state index contributed by atoms with van der Waals surface area (Å²) in [5, 5.41) is 8.79. The first-order valence-corrected chi connectivity index (χ1v) is 11.5. The van der Waals surface area contributed by atoms with Crippen molar-refractivity contribution in [2.75, 3.05) is 13.2 Å². The van der Waals surface area contributed by atoms with Gasteiger partial charge in [-0.05, 0) is 49.7 Å². The number of nitrogens with one attached hydrogen (secondary N) is 1. The molecule has 1 saturated carbocycles. The molecule has 2 aromatic rings. The molecule has 7 nitrogen and oxygen atoms in total. The number of amides is 2. The van der Waals surface area contributed by atoms with E-state index in [1.807, 2.05) is 31.2 Å². The van der Waals surface area contributed by atoms with E-state index in [1.165, 1.54) is 0 Å². The Morgan fingerprint density at radius 2 is 1.97 bits per heavy atom. The van der Waals surface area contributed by atoms with Gasteiger partial charge in [0.15, 0.2) is 5.69 Å². The fourth-order valence-corrected chi connectivity index (χ4v) is 4.72. The zero-order chi connectivity index (χ0) is 20.9. The molecule has 2 fully saturated rings. The lowest BCUT2D eigenvalue weighted by Crippen LogP contribution is -2.48. The first-order chi connectivity index (χ1) is 14.6. The highest BCUT2D eigenvalue weighted by molar-refractivity contribution is 7.03. The third-order valence-corrected chi connectivity index (χ3v) is 6.42. The molecule has 4 rings (SSSR count). The standard InChI is InChI=1S/C22H28N4O3S/c1-15-8-10-16(11-9-15)20(21(27)23-17-5-2-3-6-17)26(13-18-7-4-12-29-18)22(28)19-14-30-25-24-19/h8-11,14,17-18,20H,2-7,12-13H2,1H3,(H,23,27). The van der Waals surface area contributed by atoms with Crippen LogP contribution in [-0.4, -0.2) is 51.6 Å². The predicted octanol–water partition coefficient (Wildman–Crippen LogP) is 3.27. The van der Waals surface area contributed by atoms with E-state index in [2.05, 4.69) is 14.9 Å². The molecule has 0 bridgehead atoms. The van der Waals surface area contributed by atoms with Crippen molar-refractivity contribution in [1.29, 1.82) is 0 Å². The van der Waals surface area contributed by atoms with Crippen molar-refractivity contribution < 1.29 is 14.3 Å². The predicted molar refractivity (Wildman–Crippen MR) is 114 cm³/mol. The number of rotatable bonds is 7.